The zero-order chi connectivity index (χ0) is 20.9. The quantitative estimate of drug-likeness (QED) is 0.268. The number of benzene rings is 2. The number of ether oxygens (including phenoxy) is 3. The van der Waals surface area contributed by atoms with Crippen LogP contribution in [0.3, 0.4) is 0 Å². The average Bonchev–Trinajstić information content (AvgIpc) is 2.71. The minimum Gasteiger partial charge on any atom is -0.490 e. The maximum Gasteiger partial charge on any atom is 0.149 e. The molecule has 0 aliphatic rings. The monoisotopic (exact) mass is 393 g/mol. The number of oxime groups is 1. The first-order valence-electron chi connectivity index (χ1n) is 9.37. The van der Waals surface area contributed by atoms with Gasteiger partial charge in [-0.25, -0.2) is 0 Å². The van der Waals surface area contributed by atoms with Gasteiger partial charge < -0.3 is 19.0 Å². The van der Waals surface area contributed by atoms with Crippen LogP contribution in [0.15, 0.2) is 53.7 Å². The molecule has 0 aliphatic carbocycles. The zero-order valence-electron chi connectivity index (χ0n) is 17.4. The minimum absolute atomic E-state index is 0.296. The summed E-state index contributed by atoms with van der Waals surface area (Å²) in [5, 5.41) is 3.71. The Hall–Kier alpha value is -3.39. The number of rotatable bonds is 9. The highest BCUT2D eigenvalue weighted by Gasteiger charge is 2.06. The van der Waals surface area contributed by atoms with Crippen molar-refractivity contribution < 1.29 is 19.0 Å². The predicted octanol–water partition coefficient (Wildman–Crippen LogP) is 4.70. The van der Waals surface area contributed by atoms with Gasteiger partial charge in [-0.05, 0) is 73.9 Å². The lowest BCUT2D eigenvalue weighted by atomic mass is 10.1. The van der Waals surface area contributed by atoms with Crippen LogP contribution >= 0.6 is 0 Å². The van der Waals surface area contributed by atoms with Crippen LogP contribution in [-0.4, -0.2) is 33.1 Å². The van der Waals surface area contributed by atoms with Crippen LogP contribution in [0.1, 0.15) is 23.6 Å². The van der Waals surface area contributed by atoms with E-state index in [4.69, 9.17) is 14.2 Å². The van der Waals surface area contributed by atoms with E-state index in [1.165, 1.54) is 7.11 Å². The highest BCUT2D eigenvalue weighted by atomic mass is 16.6. The second-order valence-electron chi connectivity index (χ2n) is 6.18. The molecule has 2 aromatic carbocycles. The van der Waals surface area contributed by atoms with Gasteiger partial charge in [0.05, 0.1) is 6.21 Å². The van der Waals surface area contributed by atoms with E-state index in [1.54, 1.807) is 6.21 Å². The summed E-state index contributed by atoms with van der Waals surface area (Å²) in [5.74, 6) is 8.36. The summed E-state index contributed by atoms with van der Waals surface area (Å²) in [6.07, 6.45) is 5.56. The molecule has 0 bridgehead atoms. The van der Waals surface area contributed by atoms with Gasteiger partial charge >= 0.3 is 0 Å². The Morgan fingerprint density at radius 3 is 2.17 bits per heavy atom. The molecule has 0 N–H and O–H groups in total. The predicted molar refractivity (Wildman–Crippen MR) is 116 cm³/mol. The Labute approximate surface area is 172 Å². The fourth-order valence-corrected chi connectivity index (χ4v) is 2.56. The fraction of sp³-hybridized carbons (Fsp3) is 0.292. The Morgan fingerprint density at radius 1 is 0.897 bits per heavy atom. The Bertz CT molecular complexity index is 866. The molecular weight excluding hydrogens is 366 g/mol. The van der Waals surface area contributed by atoms with Crippen molar-refractivity contribution in [1.82, 2.24) is 0 Å². The molecule has 0 aliphatic heterocycles. The van der Waals surface area contributed by atoms with Gasteiger partial charge in [-0.15, -0.1) is 0 Å². The first-order chi connectivity index (χ1) is 14.1. The van der Waals surface area contributed by atoms with Crippen LogP contribution in [0.4, 0.5) is 0 Å². The fourth-order valence-electron chi connectivity index (χ4n) is 2.56. The van der Waals surface area contributed by atoms with Gasteiger partial charge in [0.15, 0.2) is 0 Å². The minimum atomic E-state index is 0.296. The lowest BCUT2D eigenvalue weighted by Crippen LogP contribution is -2.01. The van der Waals surface area contributed by atoms with Crippen molar-refractivity contribution in [2.75, 3.05) is 26.9 Å². The van der Waals surface area contributed by atoms with Crippen LogP contribution in [0.25, 0.3) is 0 Å². The van der Waals surface area contributed by atoms with Gasteiger partial charge in [0.25, 0.3) is 0 Å². The van der Waals surface area contributed by atoms with Crippen molar-refractivity contribution in [2.24, 2.45) is 5.16 Å². The van der Waals surface area contributed by atoms with Crippen LogP contribution < -0.4 is 14.2 Å². The van der Waals surface area contributed by atoms with Gasteiger partial charge in [-0.2, -0.15) is 0 Å². The molecule has 0 heterocycles. The Balaban J connectivity index is 1.80. The van der Waals surface area contributed by atoms with Crippen LogP contribution in [0.2, 0.25) is 0 Å². The summed E-state index contributed by atoms with van der Waals surface area (Å²) in [7, 11) is 1.51. The summed E-state index contributed by atoms with van der Waals surface area (Å²) >= 11 is 0. The molecule has 0 saturated carbocycles. The van der Waals surface area contributed by atoms with E-state index in [1.807, 2.05) is 69.3 Å². The average molecular weight is 393 g/mol. The summed E-state index contributed by atoms with van der Waals surface area (Å²) < 4.78 is 17.1. The molecule has 0 saturated heterocycles. The topological polar surface area (TPSA) is 49.3 Å². The number of hydrogen-bond acceptors (Lipinski definition) is 5. The van der Waals surface area contributed by atoms with E-state index in [0.29, 0.717) is 19.8 Å². The third-order valence-electron chi connectivity index (χ3n) is 3.93. The van der Waals surface area contributed by atoms with Crippen molar-refractivity contribution in [3.63, 3.8) is 0 Å². The standard InChI is InChI=1S/C24H27NO4/c1-5-6-13-28-23-16-19(2)24(20(3)17-23)29-15-8-7-14-27-22-11-9-21(10-12-22)18-25-26-4/h5-6,9-12,16-18H,13-15H2,1-4H3/b6-5+,25-18-. The van der Waals surface area contributed by atoms with Crippen LogP contribution in [0.5, 0.6) is 17.2 Å². The Morgan fingerprint density at radius 2 is 1.55 bits per heavy atom. The molecule has 2 aromatic rings. The number of nitrogens with zero attached hydrogens (tertiary/aromatic N) is 1. The van der Waals surface area contributed by atoms with E-state index in [-0.39, 0.29) is 0 Å². The molecule has 0 atom stereocenters. The molecular formula is C24H27NO4. The third kappa shape index (κ3) is 7.63. The van der Waals surface area contributed by atoms with Crippen LogP contribution in [0, 0.1) is 25.7 Å². The first kappa shape index (κ1) is 21.9. The summed E-state index contributed by atoms with van der Waals surface area (Å²) in [6.45, 7) is 7.13. The van der Waals surface area contributed by atoms with Crippen molar-refractivity contribution in [3.05, 3.63) is 65.2 Å². The highest BCUT2D eigenvalue weighted by Crippen LogP contribution is 2.28. The van der Waals surface area contributed by atoms with E-state index in [2.05, 4.69) is 21.8 Å². The zero-order valence-corrected chi connectivity index (χ0v) is 17.4. The van der Waals surface area contributed by atoms with E-state index in [9.17, 15) is 0 Å². The largest absolute Gasteiger partial charge is 0.490 e. The third-order valence-corrected chi connectivity index (χ3v) is 3.93. The SMILES string of the molecule is C/C=C/COc1cc(C)c(OCC#CCOc2ccc(/C=N\OC)cc2)c(C)c1. The molecule has 0 unspecified atom stereocenters. The molecule has 152 valence electrons. The number of aryl methyl sites for hydroxylation is 2. The summed E-state index contributed by atoms with van der Waals surface area (Å²) in [6, 6.07) is 11.5. The maximum atomic E-state index is 5.83. The molecule has 0 aromatic heterocycles. The molecule has 5 nitrogen and oxygen atoms in total. The molecule has 29 heavy (non-hydrogen) atoms. The van der Waals surface area contributed by atoms with E-state index < -0.39 is 0 Å². The first-order valence-corrected chi connectivity index (χ1v) is 9.37. The lowest BCUT2D eigenvalue weighted by Gasteiger charge is -2.12. The van der Waals surface area contributed by atoms with Gasteiger partial charge in [-0.1, -0.05) is 29.1 Å². The number of allylic oxidation sites excluding steroid dienone is 1. The molecule has 0 radical (unpaired) electrons. The highest BCUT2D eigenvalue weighted by molar-refractivity contribution is 5.79. The number of hydrogen-bond donors (Lipinski definition) is 0. The normalized spacial score (nSPS) is 10.6. The van der Waals surface area contributed by atoms with Crippen molar-refractivity contribution in [1.29, 1.82) is 0 Å². The van der Waals surface area contributed by atoms with Crippen molar-refractivity contribution in [3.8, 4) is 29.1 Å². The second-order valence-corrected chi connectivity index (χ2v) is 6.18. The van der Waals surface area contributed by atoms with Gasteiger partial charge in [0.2, 0.25) is 0 Å². The van der Waals surface area contributed by atoms with Gasteiger partial charge in [-0.3, -0.25) is 0 Å². The molecule has 0 spiro atoms. The lowest BCUT2D eigenvalue weighted by molar-refractivity contribution is 0.215. The maximum absolute atomic E-state index is 5.83. The van der Waals surface area contributed by atoms with Gasteiger partial charge in [0.1, 0.15) is 44.2 Å². The van der Waals surface area contributed by atoms with E-state index in [0.717, 1.165) is 33.9 Å². The van der Waals surface area contributed by atoms with Crippen molar-refractivity contribution >= 4 is 6.21 Å². The molecule has 0 fully saturated rings. The smallest absolute Gasteiger partial charge is 0.149 e. The summed E-state index contributed by atoms with van der Waals surface area (Å²) in [4.78, 5) is 4.65. The summed E-state index contributed by atoms with van der Waals surface area (Å²) in [5.41, 5.74) is 2.98. The van der Waals surface area contributed by atoms with Crippen molar-refractivity contribution in [2.45, 2.75) is 20.8 Å². The van der Waals surface area contributed by atoms with Crippen LogP contribution in [-0.2, 0) is 4.84 Å². The molecule has 2 rings (SSSR count). The second kappa shape index (κ2) is 12.1. The molecule has 5 heteroatoms. The van der Waals surface area contributed by atoms with Gasteiger partial charge in [0, 0.05) is 0 Å². The molecule has 0 amide bonds. The van der Waals surface area contributed by atoms with E-state index >= 15 is 0 Å². The Kier molecular flexibility index (Phi) is 9.17.